The average molecular weight is 220 g/mol. The maximum atomic E-state index is 4.34. The zero-order valence-electron chi connectivity index (χ0n) is 10.1. The molecule has 0 radical (unpaired) electrons. The third-order valence-electron chi connectivity index (χ3n) is 3.10. The van der Waals surface area contributed by atoms with Crippen molar-refractivity contribution < 1.29 is 0 Å². The predicted octanol–water partition coefficient (Wildman–Crippen LogP) is 1.22. The van der Waals surface area contributed by atoms with Gasteiger partial charge in [-0.05, 0) is 44.3 Å². The molecule has 2 rings (SSSR count). The molecule has 0 bridgehead atoms. The van der Waals surface area contributed by atoms with Crippen molar-refractivity contribution in [2.24, 2.45) is 5.92 Å². The Morgan fingerprint density at radius 3 is 2.56 bits per heavy atom. The van der Waals surface area contributed by atoms with E-state index in [0.717, 1.165) is 37.1 Å². The van der Waals surface area contributed by atoms with E-state index in [2.05, 4.69) is 27.2 Å². The molecule has 0 aromatic carbocycles. The third-order valence-corrected chi connectivity index (χ3v) is 3.10. The lowest BCUT2D eigenvalue weighted by Crippen LogP contribution is -2.35. The Hall–Kier alpha value is -1.16. The van der Waals surface area contributed by atoms with Gasteiger partial charge in [-0.2, -0.15) is 0 Å². The van der Waals surface area contributed by atoms with Crippen LogP contribution < -0.4 is 10.2 Å². The summed E-state index contributed by atoms with van der Waals surface area (Å²) in [5.41, 5.74) is 1.11. The van der Waals surface area contributed by atoms with E-state index in [1.165, 1.54) is 12.8 Å². The van der Waals surface area contributed by atoms with Crippen LogP contribution in [0, 0.1) is 12.8 Å². The van der Waals surface area contributed by atoms with Crippen LogP contribution in [-0.2, 0) is 0 Å². The monoisotopic (exact) mass is 220 g/mol. The SMILES string of the molecule is Cc1cnc(N(C)CC2CCNCC2)nc1. The standard InChI is InChI=1S/C12H20N4/c1-10-7-14-12(15-8-10)16(2)9-11-3-5-13-6-4-11/h7-8,11,13H,3-6,9H2,1-2H3. The quantitative estimate of drug-likeness (QED) is 0.831. The first-order valence-corrected chi connectivity index (χ1v) is 5.96. The van der Waals surface area contributed by atoms with Gasteiger partial charge in [0.15, 0.2) is 0 Å². The van der Waals surface area contributed by atoms with Crippen LogP contribution in [0.15, 0.2) is 12.4 Å². The summed E-state index contributed by atoms with van der Waals surface area (Å²) in [5.74, 6) is 1.61. The highest BCUT2D eigenvalue weighted by Crippen LogP contribution is 2.15. The van der Waals surface area contributed by atoms with Gasteiger partial charge < -0.3 is 10.2 Å². The van der Waals surface area contributed by atoms with Gasteiger partial charge in [0.2, 0.25) is 5.95 Å². The van der Waals surface area contributed by atoms with E-state index < -0.39 is 0 Å². The van der Waals surface area contributed by atoms with Crippen LogP contribution in [0.25, 0.3) is 0 Å². The molecule has 2 heterocycles. The summed E-state index contributed by atoms with van der Waals surface area (Å²) in [6.45, 7) is 5.36. The zero-order chi connectivity index (χ0) is 11.4. The van der Waals surface area contributed by atoms with Gasteiger partial charge in [-0.25, -0.2) is 9.97 Å². The van der Waals surface area contributed by atoms with Gasteiger partial charge in [0.05, 0.1) is 0 Å². The molecule has 1 saturated heterocycles. The van der Waals surface area contributed by atoms with Gasteiger partial charge in [-0.1, -0.05) is 0 Å². The molecule has 1 aromatic heterocycles. The molecule has 1 aliphatic rings. The van der Waals surface area contributed by atoms with Crippen LogP contribution >= 0.6 is 0 Å². The summed E-state index contributed by atoms with van der Waals surface area (Å²) >= 11 is 0. The van der Waals surface area contributed by atoms with Crippen molar-refractivity contribution in [3.8, 4) is 0 Å². The highest BCUT2D eigenvalue weighted by atomic mass is 15.2. The topological polar surface area (TPSA) is 41.1 Å². The lowest BCUT2D eigenvalue weighted by molar-refractivity contribution is 0.377. The maximum Gasteiger partial charge on any atom is 0.224 e. The smallest absolute Gasteiger partial charge is 0.224 e. The Bertz CT molecular complexity index is 316. The Kier molecular flexibility index (Phi) is 3.72. The number of piperidine rings is 1. The second-order valence-corrected chi connectivity index (χ2v) is 4.63. The van der Waals surface area contributed by atoms with Crippen LogP contribution in [0.5, 0.6) is 0 Å². The number of nitrogens with zero attached hydrogens (tertiary/aromatic N) is 3. The van der Waals surface area contributed by atoms with Crippen molar-refractivity contribution in [2.45, 2.75) is 19.8 Å². The number of hydrogen-bond donors (Lipinski definition) is 1. The Labute approximate surface area is 97.1 Å². The fraction of sp³-hybridized carbons (Fsp3) is 0.667. The number of aromatic nitrogens is 2. The van der Waals surface area contributed by atoms with Gasteiger partial charge in [0.25, 0.3) is 0 Å². The molecule has 0 saturated carbocycles. The number of anilines is 1. The van der Waals surface area contributed by atoms with Gasteiger partial charge in [-0.3, -0.25) is 0 Å². The molecule has 0 amide bonds. The predicted molar refractivity (Wildman–Crippen MR) is 65.6 cm³/mol. The average Bonchev–Trinajstić information content (AvgIpc) is 2.31. The van der Waals surface area contributed by atoms with Crippen LogP contribution in [0.4, 0.5) is 5.95 Å². The largest absolute Gasteiger partial charge is 0.344 e. The van der Waals surface area contributed by atoms with Crippen molar-refractivity contribution in [1.29, 1.82) is 0 Å². The number of aryl methyl sites for hydroxylation is 1. The molecule has 4 nitrogen and oxygen atoms in total. The first kappa shape index (κ1) is 11.3. The molecule has 0 spiro atoms. The van der Waals surface area contributed by atoms with E-state index in [1.807, 2.05) is 19.3 Å². The summed E-state index contributed by atoms with van der Waals surface area (Å²) in [6, 6.07) is 0. The number of nitrogens with one attached hydrogen (secondary N) is 1. The van der Waals surface area contributed by atoms with Crippen molar-refractivity contribution in [1.82, 2.24) is 15.3 Å². The highest BCUT2D eigenvalue weighted by molar-refractivity contribution is 5.28. The second kappa shape index (κ2) is 5.25. The van der Waals surface area contributed by atoms with E-state index in [1.54, 1.807) is 0 Å². The minimum atomic E-state index is 0.774. The molecule has 88 valence electrons. The first-order valence-electron chi connectivity index (χ1n) is 5.96. The van der Waals surface area contributed by atoms with Gasteiger partial charge in [0, 0.05) is 26.0 Å². The normalized spacial score (nSPS) is 17.4. The first-order chi connectivity index (χ1) is 7.75. The molecule has 1 N–H and O–H groups in total. The van der Waals surface area contributed by atoms with Crippen LogP contribution in [0.2, 0.25) is 0 Å². The van der Waals surface area contributed by atoms with Gasteiger partial charge in [-0.15, -0.1) is 0 Å². The minimum absolute atomic E-state index is 0.774. The molecule has 16 heavy (non-hydrogen) atoms. The molecule has 1 aromatic rings. The molecular formula is C12H20N4. The van der Waals surface area contributed by atoms with Crippen molar-refractivity contribution >= 4 is 5.95 Å². The van der Waals surface area contributed by atoms with Gasteiger partial charge in [0.1, 0.15) is 0 Å². The van der Waals surface area contributed by atoms with E-state index in [0.29, 0.717) is 0 Å². The lowest BCUT2D eigenvalue weighted by Gasteiger charge is -2.27. The summed E-state index contributed by atoms with van der Waals surface area (Å²) in [5, 5.41) is 3.39. The molecular weight excluding hydrogens is 200 g/mol. The molecule has 0 unspecified atom stereocenters. The summed E-state index contributed by atoms with van der Waals surface area (Å²) in [6.07, 6.45) is 6.27. The fourth-order valence-corrected chi connectivity index (χ4v) is 2.12. The van der Waals surface area contributed by atoms with Crippen molar-refractivity contribution in [3.63, 3.8) is 0 Å². The van der Waals surface area contributed by atoms with E-state index >= 15 is 0 Å². The van der Waals surface area contributed by atoms with Crippen LogP contribution in [0.3, 0.4) is 0 Å². The molecule has 0 aliphatic carbocycles. The Balaban J connectivity index is 1.91. The van der Waals surface area contributed by atoms with E-state index in [-0.39, 0.29) is 0 Å². The maximum absolute atomic E-state index is 4.34. The van der Waals surface area contributed by atoms with Crippen LogP contribution in [0.1, 0.15) is 18.4 Å². The Morgan fingerprint density at radius 2 is 1.94 bits per heavy atom. The van der Waals surface area contributed by atoms with E-state index in [9.17, 15) is 0 Å². The number of hydrogen-bond acceptors (Lipinski definition) is 4. The Morgan fingerprint density at radius 1 is 1.31 bits per heavy atom. The van der Waals surface area contributed by atoms with Crippen molar-refractivity contribution in [2.75, 3.05) is 31.6 Å². The zero-order valence-corrected chi connectivity index (χ0v) is 10.1. The second-order valence-electron chi connectivity index (χ2n) is 4.63. The molecule has 0 atom stereocenters. The van der Waals surface area contributed by atoms with Crippen LogP contribution in [-0.4, -0.2) is 36.6 Å². The summed E-state index contributed by atoms with van der Waals surface area (Å²) < 4.78 is 0. The van der Waals surface area contributed by atoms with E-state index in [4.69, 9.17) is 0 Å². The fourth-order valence-electron chi connectivity index (χ4n) is 2.12. The van der Waals surface area contributed by atoms with Gasteiger partial charge >= 0.3 is 0 Å². The number of rotatable bonds is 3. The molecule has 4 heteroatoms. The molecule has 1 aliphatic heterocycles. The summed E-state index contributed by atoms with van der Waals surface area (Å²) in [4.78, 5) is 10.8. The summed E-state index contributed by atoms with van der Waals surface area (Å²) in [7, 11) is 2.08. The highest BCUT2D eigenvalue weighted by Gasteiger charge is 2.16. The lowest BCUT2D eigenvalue weighted by atomic mass is 9.98. The third kappa shape index (κ3) is 2.92. The molecule has 1 fully saturated rings. The van der Waals surface area contributed by atoms with Crippen molar-refractivity contribution in [3.05, 3.63) is 18.0 Å². The minimum Gasteiger partial charge on any atom is -0.344 e.